The number of rotatable bonds is 6. The molecule has 1 N–H and O–H groups in total. The van der Waals surface area contributed by atoms with Gasteiger partial charge in [-0.1, -0.05) is 6.07 Å². The standard InChI is InChI=1S/C15H21ClN2O2S/c16-7-1-4-15(20)18-8-5-12(6-9-18)17-14(19)11-13-3-2-10-21-13/h2-3,10,12H,1,4-9,11H2,(H,17,19). The van der Waals surface area contributed by atoms with E-state index in [0.29, 0.717) is 18.7 Å². The number of hydrogen-bond donors (Lipinski definition) is 1. The van der Waals surface area contributed by atoms with E-state index in [-0.39, 0.29) is 17.9 Å². The highest BCUT2D eigenvalue weighted by atomic mass is 35.5. The van der Waals surface area contributed by atoms with Crippen LogP contribution in [-0.2, 0) is 16.0 Å². The van der Waals surface area contributed by atoms with Crippen LogP contribution in [0.5, 0.6) is 0 Å². The van der Waals surface area contributed by atoms with E-state index in [1.54, 1.807) is 11.3 Å². The van der Waals surface area contributed by atoms with E-state index >= 15 is 0 Å². The van der Waals surface area contributed by atoms with Crippen LogP contribution in [0.3, 0.4) is 0 Å². The Morgan fingerprint density at radius 3 is 2.76 bits per heavy atom. The van der Waals surface area contributed by atoms with Gasteiger partial charge in [0.1, 0.15) is 0 Å². The summed E-state index contributed by atoms with van der Waals surface area (Å²) in [5, 5.41) is 5.05. The largest absolute Gasteiger partial charge is 0.353 e. The fourth-order valence-corrected chi connectivity index (χ4v) is 3.34. The van der Waals surface area contributed by atoms with Gasteiger partial charge < -0.3 is 10.2 Å². The van der Waals surface area contributed by atoms with Crippen molar-refractivity contribution in [3.8, 4) is 0 Å². The minimum absolute atomic E-state index is 0.0735. The third-order valence-corrected chi connectivity index (χ3v) is 4.80. The second-order valence-electron chi connectivity index (χ2n) is 5.27. The molecule has 2 amide bonds. The lowest BCUT2D eigenvalue weighted by Gasteiger charge is -2.32. The normalized spacial score (nSPS) is 16.0. The average molecular weight is 329 g/mol. The predicted octanol–water partition coefficient (Wildman–Crippen LogP) is 2.42. The minimum Gasteiger partial charge on any atom is -0.353 e. The van der Waals surface area contributed by atoms with Gasteiger partial charge in [0.15, 0.2) is 0 Å². The Balaban J connectivity index is 1.69. The minimum atomic E-state index is 0.0735. The van der Waals surface area contributed by atoms with E-state index in [0.717, 1.165) is 37.2 Å². The first kappa shape index (κ1) is 16.3. The molecule has 2 rings (SSSR count). The van der Waals surface area contributed by atoms with Gasteiger partial charge in [-0.05, 0) is 30.7 Å². The molecule has 0 aliphatic carbocycles. The Hall–Kier alpha value is -1.07. The number of hydrogen-bond acceptors (Lipinski definition) is 3. The first-order valence-corrected chi connectivity index (χ1v) is 8.76. The van der Waals surface area contributed by atoms with Gasteiger partial charge in [-0.15, -0.1) is 22.9 Å². The zero-order chi connectivity index (χ0) is 15.1. The van der Waals surface area contributed by atoms with Gasteiger partial charge in [-0.25, -0.2) is 0 Å². The monoisotopic (exact) mass is 328 g/mol. The maximum atomic E-state index is 11.9. The zero-order valence-corrected chi connectivity index (χ0v) is 13.6. The molecule has 0 spiro atoms. The topological polar surface area (TPSA) is 49.4 Å². The van der Waals surface area contributed by atoms with Crippen molar-refractivity contribution in [3.05, 3.63) is 22.4 Å². The van der Waals surface area contributed by atoms with Crippen LogP contribution >= 0.6 is 22.9 Å². The van der Waals surface area contributed by atoms with Gasteiger partial charge in [-0.2, -0.15) is 0 Å². The first-order valence-electron chi connectivity index (χ1n) is 7.34. The summed E-state index contributed by atoms with van der Waals surface area (Å²) < 4.78 is 0. The van der Waals surface area contributed by atoms with Crippen LogP contribution in [0.25, 0.3) is 0 Å². The van der Waals surface area contributed by atoms with Crippen LogP contribution in [0.1, 0.15) is 30.6 Å². The van der Waals surface area contributed by atoms with Crippen molar-refractivity contribution in [3.63, 3.8) is 0 Å². The summed E-state index contributed by atoms with van der Waals surface area (Å²) in [6.07, 6.45) is 3.38. The smallest absolute Gasteiger partial charge is 0.225 e. The van der Waals surface area contributed by atoms with E-state index in [2.05, 4.69) is 5.32 Å². The maximum absolute atomic E-state index is 11.9. The molecule has 2 heterocycles. The number of likely N-dealkylation sites (tertiary alicyclic amines) is 1. The summed E-state index contributed by atoms with van der Waals surface area (Å²) in [6, 6.07) is 4.12. The maximum Gasteiger partial charge on any atom is 0.225 e. The van der Waals surface area contributed by atoms with Crippen molar-refractivity contribution < 1.29 is 9.59 Å². The van der Waals surface area contributed by atoms with Gasteiger partial charge in [0.05, 0.1) is 6.42 Å². The molecule has 0 unspecified atom stereocenters. The molecule has 0 radical (unpaired) electrons. The number of nitrogens with zero attached hydrogens (tertiary/aromatic N) is 1. The number of carbonyl (C=O) groups excluding carboxylic acids is 2. The fraction of sp³-hybridized carbons (Fsp3) is 0.600. The number of alkyl halides is 1. The van der Waals surface area contributed by atoms with E-state index in [1.807, 2.05) is 22.4 Å². The number of nitrogens with one attached hydrogen (secondary N) is 1. The second-order valence-corrected chi connectivity index (χ2v) is 6.68. The van der Waals surface area contributed by atoms with Gasteiger partial charge in [0, 0.05) is 36.3 Å². The molecule has 0 atom stereocenters. The summed E-state index contributed by atoms with van der Waals surface area (Å²) in [5.74, 6) is 0.782. The molecule has 6 heteroatoms. The molecule has 1 aliphatic heterocycles. The van der Waals surface area contributed by atoms with Crippen LogP contribution < -0.4 is 5.32 Å². The molecular weight excluding hydrogens is 308 g/mol. The third-order valence-electron chi connectivity index (χ3n) is 3.65. The van der Waals surface area contributed by atoms with E-state index in [1.165, 1.54) is 0 Å². The van der Waals surface area contributed by atoms with Crippen LogP contribution in [0.15, 0.2) is 17.5 Å². The van der Waals surface area contributed by atoms with Crippen molar-refractivity contribution >= 4 is 34.8 Å². The Kier molecular flexibility index (Phi) is 6.51. The van der Waals surface area contributed by atoms with Gasteiger partial charge in [-0.3, -0.25) is 9.59 Å². The van der Waals surface area contributed by atoms with Crippen molar-refractivity contribution in [1.82, 2.24) is 10.2 Å². The molecule has 1 aliphatic rings. The van der Waals surface area contributed by atoms with Crippen molar-refractivity contribution in [2.45, 2.75) is 38.1 Å². The lowest BCUT2D eigenvalue weighted by atomic mass is 10.0. The Labute approximate surface area is 134 Å². The Morgan fingerprint density at radius 1 is 1.38 bits per heavy atom. The SMILES string of the molecule is O=C(Cc1cccs1)NC1CCN(C(=O)CCCCl)CC1. The highest BCUT2D eigenvalue weighted by Gasteiger charge is 2.23. The third kappa shape index (κ3) is 5.32. The molecule has 0 bridgehead atoms. The van der Waals surface area contributed by atoms with Crippen LogP contribution in [-0.4, -0.2) is 41.7 Å². The average Bonchev–Trinajstić information content (AvgIpc) is 2.98. The number of amides is 2. The Bertz CT molecular complexity index is 456. The highest BCUT2D eigenvalue weighted by molar-refractivity contribution is 7.10. The number of thiophene rings is 1. The highest BCUT2D eigenvalue weighted by Crippen LogP contribution is 2.14. The predicted molar refractivity (Wildman–Crippen MR) is 85.7 cm³/mol. The first-order chi connectivity index (χ1) is 10.2. The molecule has 0 aromatic carbocycles. The summed E-state index contributed by atoms with van der Waals surface area (Å²) in [4.78, 5) is 26.8. The van der Waals surface area contributed by atoms with Gasteiger partial charge in [0.25, 0.3) is 0 Å². The summed E-state index contributed by atoms with van der Waals surface area (Å²) in [6.45, 7) is 1.45. The lowest BCUT2D eigenvalue weighted by Crippen LogP contribution is -2.46. The summed E-state index contributed by atoms with van der Waals surface area (Å²) in [5.41, 5.74) is 0. The number of halogens is 1. The van der Waals surface area contributed by atoms with Gasteiger partial charge >= 0.3 is 0 Å². The van der Waals surface area contributed by atoms with E-state index in [9.17, 15) is 9.59 Å². The quantitative estimate of drug-likeness (QED) is 0.815. The molecule has 4 nitrogen and oxygen atoms in total. The van der Waals surface area contributed by atoms with Crippen molar-refractivity contribution in [1.29, 1.82) is 0 Å². The molecule has 1 aromatic heterocycles. The van der Waals surface area contributed by atoms with E-state index in [4.69, 9.17) is 11.6 Å². The van der Waals surface area contributed by atoms with Crippen molar-refractivity contribution in [2.24, 2.45) is 0 Å². The van der Waals surface area contributed by atoms with Gasteiger partial charge in [0.2, 0.25) is 11.8 Å². The lowest BCUT2D eigenvalue weighted by molar-refractivity contribution is -0.132. The fourth-order valence-electron chi connectivity index (χ4n) is 2.50. The summed E-state index contributed by atoms with van der Waals surface area (Å²) in [7, 11) is 0. The Morgan fingerprint density at radius 2 is 2.14 bits per heavy atom. The molecule has 1 aromatic rings. The zero-order valence-electron chi connectivity index (χ0n) is 12.0. The molecule has 116 valence electrons. The molecule has 1 fully saturated rings. The van der Waals surface area contributed by atoms with Crippen molar-refractivity contribution in [2.75, 3.05) is 19.0 Å². The molecule has 0 saturated carbocycles. The van der Waals surface area contributed by atoms with Crippen LogP contribution in [0.4, 0.5) is 0 Å². The summed E-state index contributed by atoms with van der Waals surface area (Å²) >= 11 is 7.21. The second kappa shape index (κ2) is 8.39. The van der Waals surface area contributed by atoms with E-state index < -0.39 is 0 Å². The van der Waals surface area contributed by atoms with Crippen LogP contribution in [0, 0.1) is 0 Å². The van der Waals surface area contributed by atoms with Crippen LogP contribution in [0.2, 0.25) is 0 Å². The molecular formula is C15H21ClN2O2S. The molecule has 21 heavy (non-hydrogen) atoms. The molecule has 1 saturated heterocycles. The number of piperidine rings is 1. The number of carbonyl (C=O) groups is 2.